The molecule has 32 heavy (non-hydrogen) atoms. The molecule has 0 N–H and O–H groups in total. The number of hydrogen-bond donors (Lipinski definition) is 0. The Labute approximate surface area is 196 Å². The van der Waals surface area contributed by atoms with E-state index in [1.165, 1.54) is 47.1 Å². The van der Waals surface area contributed by atoms with E-state index >= 15 is 0 Å². The van der Waals surface area contributed by atoms with Crippen LogP contribution in [0.3, 0.4) is 0 Å². The van der Waals surface area contributed by atoms with Crippen LogP contribution in [0.25, 0.3) is 0 Å². The van der Waals surface area contributed by atoms with Crippen molar-refractivity contribution in [2.75, 3.05) is 20.6 Å². The summed E-state index contributed by atoms with van der Waals surface area (Å²) in [6.07, 6.45) is 11.8. The maximum absolute atomic E-state index is 12.8. The third kappa shape index (κ3) is 7.62. The Morgan fingerprint density at radius 3 is 2.53 bits per heavy atom. The number of carbonyl (C=O) groups is 1. The third-order valence-corrected chi connectivity index (χ3v) is 6.58. The van der Waals surface area contributed by atoms with E-state index in [0.29, 0.717) is 18.9 Å². The highest BCUT2D eigenvalue weighted by atomic mass is 16.5. The standard InChI is InChI=1S/C29H45NO2/c1-8-10-11-13-23-19-24(12-9-2)29(26-18-22(5)14-15-25(26)21(3)4)27(20-23)32-28(31)16-17-30(6)7/h18-20,25-26H,3,8-17H2,1-2,4-7H3. The van der Waals surface area contributed by atoms with Gasteiger partial charge >= 0.3 is 5.97 Å². The van der Waals surface area contributed by atoms with Gasteiger partial charge in [0, 0.05) is 18.0 Å². The minimum atomic E-state index is -0.142. The lowest BCUT2D eigenvalue weighted by molar-refractivity contribution is -0.134. The van der Waals surface area contributed by atoms with Gasteiger partial charge in [-0.2, -0.15) is 0 Å². The average Bonchev–Trinajstić information content (AvgIpc) is 2.72. The predicted octanol–water partition coefficient (Wildman–Crippen LogP) is 7.24. The number of rotatable bonds is 12. The molecule has 0 saturated heterocycles. The van der Waals surface area contributed by atoms with E-state index in [2.05, 4.69) is 52.5 Å². The Bertz CT molecular complexity index is 806. The van der Waals surface area contributed by atoms with Crippen molar-refractivity contribution in [3.63, 3.8) is 0 Å². The Morgan fingerprint density at radius 2 is 1.91 bits per heavy atom. The molecule has 1 aliphatic carbocycles. The number of ether oxygens (including phenoxy) is 1. The summed E-state index contributed by atoms with van der Waals surface area (Å²) in [6, 6.07) is 4.55. The van der Waals surface area contributed by atoms with Crippen molar-refractivity contribution < 1.29 is 9.53 Å². The van der Waals surface area contributed by atoms with E-state index in [9.17, 15) is 4.79 Å². The molecule has 1 aliphatic rings. The molecule has 1 aromatic rings. The van der Waals surface area contributed by atoms with Crippen LogP contribution in [0.15, 0.2) is 35.9 Å². The summed E-state index contributed by atoms with van der Waals surface area (Å²) in [7, 11) is 3.97. The van der Waals surface area contributed by atoms with Crippen LogP contribution in [0.5, 0.6) is 5.75 Å². The van der Waals surface area contributed by atoms with E-state index in [4.69, 9.17) is 4.74 Å². The molecule has 0 spiro atoms. The first-order valence-electron chi connectivity index (χ1n) is 12.6. The van der Waals surface area contributed by atoms with E-state index in [1.54, 1.807) is 0 Å². The second-order valence-electron chi connectivity index (χ2n) is 9.93. The van der Waals surface area contributed by atoms with Gasteiger partial charge in [-0.15, -0.1) is 0 Å². The molecule has 2 unspecified atom stereocenters. The van der Waals surface area contributed by atoms with Crippen LogP contribution >= 0.6 is 0 Å². The van der Waals surface area contributed by atoms with E-state index in [1.807, 2.05) is 19.0 Å². The molecule has 0 aliphatic heterocycles. The summed E-state index contributed by atoms with van der Waals surface area (Å²) in [5.74, 6) is 1.26. The van der Waals surface area contributed by atoms with Crippen LogP contribution in [-0.4, -0.2) is 31.5 Å². The zero-order valence-corrected chi connectivity index (χ0v) is 21.4. The van der Waals surface area contributed by atoms with E-state index in [-0.39, 0.29) is 11.9 Å². The molecule has 0 radical (unpaired) electrons. The van der Waals surface area contributed by atoms with E-state index < -0.39 is 0 Å². The zero-order chi connectivity index (χ0) is 23.7. The summed E-state index contributed by atoms with van der Waals surface area (Å²) >= 11 is 0. The highest BCUT2D eigenvalue weighted by Crippen LogP contribution is 2.45. The zero-order valence-electron chi connectivity index (χ0n) is 21.4. The average molecular weight is 440 g/mol. The third-order valence-electron chi connectivity index (χ3n) is 6.58. The highest BCUT2D eigenvalue weighted by Gasteiger charge is 2.30. The Balaban J connectivity index is 2.54. The van der Waals surface area contributed by atoms with E-state index in [0.717, 1.165) is 37.9 Å². The second-order valence-corrected chi connectivity index (χ2v) is 9.93. The summed E-state index contributed by atoms with van der Waals surface area (Å²) in [4.78, 5) is 14.8. The number of carbonyl (C=O) groups excluding carboxylic acids is 1. The van der Waals surface area contributed by atoms with Crippen LogP contribution < -0.4 is 4.74 Å². The van der Waals surface area contributed by atoms with Gasteiger partial charge in [-0.3, -0.25) is 4.79 Å². The van der Waals surface area contributed by atoms with Crippen molar-refractivity contribution in [2.45, 2.75) is 91.4 Å². The van der Waals surface area contributed by atoms with Crippen molar-refractivity contribution in [1.82, 2.24) is 4.90 Å². The summed E-state index contributed by atoms with van der Waals surface area (Å²) in [5, 5.41) is 0. The van der Waals surface area contributed by atoms with Crippen LogP contribution in [0.4, 0.5) is 0 Å². The van der Waals surface area contributed by atoms with Gasteiger partial charge in [-0.1, -0.05) is 63.0 Å². The molecule has 2 rings (SSSR count). The van der Waals surface area contributed by atoms with Gasteiger partial charge < -0.3 is 9.64 Å². The number of nitrogens with zero attached hydrogens (tertiary/aromatic N) is 1. The monoisotopic (exact) mass is 439 g/mol. The van der Waals surface area contributed by atoms with Crippen molar-refractivity contribution in [3.8, 4) is 5.75 Å². The quantitative estimate of drug-likeness (QED) is 0.149. The molecule has 0 saturated carbocycles. The predicted molar refractivity (Wildman–Crippen MR) is 137 cm³/mol. The molecule has 0 amide bonds. The highest BCUT2D eigenvalue weighted by molar-refractivity contribution is 5.73. The van der Waals surface area contributed by atoms with Crippen LogP contribution in [-0.2, 0) is 17.6 Å². The lowest BCUT2D eigenvalue weighted by Crippen LogP contribution is -2.22. The first kappa shape index (κ1) is 26.4. The summed E-state index contributed by atoms with van der Waals surface area (Å²) in [5.41, 5.74) is 6.50. The smallest absolute Gasteiger partial charge is 0.312 e. The second kappa shape index (κ2) is 13.0. The maximum Gasteiger partial charge on any atom is 0.312 e. The molecule has 3 nitrogen and oxygen atoms in total. The largest absolute Gasteiger partial charge is 0.426 e. The molecule has 1 aromatic carbocycles. The number of hydrogen-bond acceptors (Lipinski definition) is 3. The van der Waals surface area contributed by atoms with Gasteiger partial charge in [0.15, 0.2) is 0 Å². The van der Waals surface area contributed by atoms with Crippen LogP contribution in [0.2, 0.25) is 0 Å². The SMILES string of the molecule is C=C(C)C1CCC(C)=CC1c1c(CCC)cc(CCCCC)cc1OC(=O)CCN(C)C. The molecule has 3 heteroatoms. The van der Waals surface area contributed by atoms with Crippen molar-refractivity contribution in [2.24, 2.45) is 5.92 Å². The van der Waals surface area contributed by atoms with Gasteiger partial charge in [0.25, 0.3) is 0 Å². The molecule has 0 aromatic heterocycles. The number of aryl methyl sites for hydroxylation is 2. The molecule has 0 heterocycles. The topological polar surface area (TPSA) is 29.5 Å². The molecule has 0 bridgehead atoms. The summed E-state index contributed by atoms with van der Waals surface area (Å²) < 4.78 is 6.12. The molecular formula is C29H45NO2. The number of esters is 1. The van der Waals surface area contributed by atoms with Crippen molar-refractivity contribution >= 4 is 5.97 Å². The Kier molecular flexibility index (Phi) is 10.7. The fraction of sp³-hybridized carbons (Fsp3) is 0.621. The number of unbranched alkanes of at least 4 members (excludes halogenated alkanes) is 2. The molecule has 178 valence electrons. The summed E-state index contributed by atoms with van der Waals surface area (Å²) in [6.45, 7) is 13.9. The fourth-order valence-corrected chi connectivity index (χ4v) is 4.80. The van der Waals surface area contributed by atoms with Crippen molar-refractivity contribution in [1.29, 1.82) is 0 Å². The fourth-order valence-electron chi connectivity index (χ4n) is 4.80. The molecular weight excluding hydrogens is 394 g/mol. The van der Waals surface area contributed by atoms with Gasteiger partial charge in [-0.05, 0) is 83.2 Å². The van der Waals surface area contributed by atoms with Gasteiger partial charge in [0.1, 0.15) is 5.75 Å². The number of benzene rings is 1. The molecule has 0 fully saturated rings. The van der Waals surface area contributed by atoms with Gasteiger partial charge in [-0.25, -0.2) is 0 Å². The first-order chi connectivity index (χ1) is 15.3. The maximum atomic E-state index is 12.8. The normalized spacial score (nSPS) is 18.5. The minimum absolute atomic E-state index is 0.142. The lowest BCUT2D eigenvalue weighted by Gasteiger charge is -2.33. The van der Waals surface area contributed by atoms with Gasteiger partial charge in [0.05, 0.1) is 6.42 Å². The Morgan fingerprint density at radius 1 is 1.16 bits per heavy atom. The van der Waals surface area contributed by atoms with Crippen LogP contribution in [0, 0.1) is 5.92 Å². The number of allylic oxidation sites excluding steroid dienone is 3. The minimum Gasteiger partial charge on any atom is -0.426 e. The van der Waals surface area contributed by atoms with Crippen LogP contribution in [0.1, 0.15) is 95.2 Å². The van der Waals surface area contributed by atoms with Crippen molar-refractivity contribution in [3.05, 3.63) is 52.6 Å². The Hall–Kier alpha value is -1.87. The lowest BCUT2D eigenvalue weighted by atomic mass is 9.72. The molecule has 2 atom stereocenters. The van der Waals surface area contributed by atoms with Gasteiger partial charge in [0.2, 0.25) is 0 Å². The first-order valence-corrected chi connectivity index (χ1v) is 12.6.